The maximum Gasteiger partial charge on any atom is 0.407 e. The zero-order valence-corrected chi connectivity index (χ0v) is 11.3. The van der Waals surface area contributed by atoms with Gasteiger partial charge in [-0.3, -0.25) is 10.9 Å². The molecule has 0 atom stereocenters. The largest absolute Gasteiger partial charge is 0.444 e. The number of aliphatic imine (C=N–C) groups is 1. The van der Waals surface area contributed by atoms with E-state index >= 15 is 0 Å². The molecule has 0 aromatic heterocycles. The molecule has 2 rings (SSSR count). The predicted molar refractivity (Wildman–Crippen MR) is 72.9 cm³/mol. The number of guanidine groups is 1. The second kappa shape index (κ2) is 5.17. The first-order valence-corrected chi connectivity index (χ1v) is 6.09. The minimum absolute atomic E-state index is 0.414. The molecule has 0 spiro atoms. The van der Waals surface area contributed by atoms with E-state index in [9.17, 15) is 4.79 Å². The standard InChI is InChI=1S/C13H18N4O2/c1-13(2,3)19-12(18)14-8-9-4-6-10(7-5-9)15-11-16-17-11/h4-7H,8H2,1-3H3,(H,14,18)(H2,15,16,17). The molecule has 1 amide bonds. The van der Waals surface area contributed by atoms with Gasteiger partial charge in [-0.05, 0) is 38.5 Å². The summed E-state index contributed by atoms with van der Waals surface area (Å²) < 4.78 is 5.16. The van der Waals surface area contributed by atoms with Crippen molar-refractivity contribution in [3.63, 3.8) is 0 Å². The van der Waals surface area contributed by atoms with Gasteiger partial charge in [0.15, 0.2) is 0 Å². The number of hydrogen-bond acceptors (Lipinski definition) is 3. The highest BCUT2D eigenvalue weighted by atomic mass is 16.6. The topological polar surface area (TPSA) is 94.6 Å². The number of alkyl carbamates (subject to hydrolysis) is 1. The van der Waals surface area contributed by atoms with Crippen molar-refractivity contribution < 1.29 is 9.53 Å². The van der Waals surface area contributed by atoms with Gasteiger partial charge >= 0.3 is 6.09 Å². The van der Waals surface area contributed by atoms with Crippen LogP contribution in [0.3, 0.4) is 0 Å². The Hall–Kier alpha value is -2.24. The summed E-state index contributed by atoms with van der Waals surface area (Å²) in [5.41, 5.74) is 6.94. The first-order chi connectivity index (χ1) is 8.92. The van der Waals surface area contributed by atoms with E-state index in [2.05, 4.69) is 21.2 Å². The molecule has 3 N–H and O–H groups in total. The highest BCUT2D eigenvalue weighted by molar-refractivity contribution is 5.92. The molecule has 1 aliphatic rings. The number of nitrogens with zero attached hydrogens (tertiary/aromatic N) is 1. The van der Waals surface area contributed by atoms with E-state index in [0.29, 0.717) is 6.54 Å². The van der Waals surface area contributed by atoms with E-state index in [1.165, 1.54) is 0 Å². The van der Waals surface area contributed by atoms with Crippen molar-refractivity contribution in [2.24, 2.45) is 4.99 Å². The summed E-state index contributed by atoms with van der Waals surface area (Å²) in [6, 6.07) is 7.61. The molecule has 1 saturated heterocycles. The Morgan fingerprint density at radius 1 is 1.26 bits per heavy atom. The van der Waals surface area contributed by atoms with Crippen molar-refractivity contribution in [3.05, 3.63) is 29.8 Å². The van der Waals surface area contributed by atoms with E-state index in [-0.39, 0.29) is 0 Å². The molecule has 1 aromatic rings. The van der Waals surface area contributed by atoms with Crippen LogP contribution >= 0.6 is 0 Å². The van der Waals surface area contributed by atoms with Crippen LogP contribution in [-0.4, -0.2) is 17.7 Å². The van der Waals surface area contributed by atoms with Gasteiger partial charge in [-0.1, -0.05) is 12.1 Å². The molecule has 1 aliphatic heterocycles. The smallest absolute Gasteiger partial charge is 0.407 e. The van der Waals surface area contributed by atoms with Crippen LogP contribution in [0.4, 0.5) is 10.5 Å². The molecule has 0 radical (unpaired) electrons. The summed E-state index contributed by atoms with van der Waals surface area (Å²) in [6.45, 7) is 5.93. The van der Waals surface area contributed by atoms with Gasteiger partial charge in [0, 0.05) is 6.54 Å². The van der Waals surface area contributed by atoms with Crippen molar-refractivity contribution in [2.45, 2.75) is 32.9 Å². The van der Waals surface area contributed by atoms with Crippen molar-refractivity contribution in [2.75, 3.05) is 0 Å². The van der Waals surface area contributed by atoms with Gasteiger partial charge in [0.25, 0.3) is 0 Å². The summed E-state index contributed by atoms with van der Waals surface area (Å²) in [7, 11) is 0. The Bertz CT molecular complexity index is 482. The quantitative estimate of drug-likeness (QED) is 0.724. The lowest BCUT2D eigenvalue weighted by atomic mass is 10.2. The zero-order valence-electron chi connectivity index (χ0n) is 11.3. The van der Waals surface area contributed by atoms with E-state index in [1.807, 2.05) is 45.0 Å². The summed E-state index contributed by atoms with van der Waals surface area (Å²) in [5, 5.41) is 2.71. The van der Waals surface area contributed by atoms with Gasteiger partial charge in [-0.25, -0.2) is 9.79 Å². The van der Waals surface area contributed by atoms with E-state index in [4.69, 9.17) is 4.74 Å². The van der Waals surface area contributed by atoms with Gasteiger partial charge in [-0.15, -0.1) is 0 Å². The molecule has 6 heteroatoms. The van der Waals surface area contributed by atoms with Crippen molar-refractivity contribution >= 4 is 17.7 Å². The van der Waals surface area contributed by atoms with Crippen LogP contribution in [0.5, 0.6) is 0 Å². The second-order valence-corrected chi connectivity index (χ2v) is 5.23. The number of amides is 1. The third-order valence-electron chi connectivity index (χ3n) is 2.25. The average molecular weight is 262 g/mol. The molecule has 102 valence electrons. The Morgan fingerprint density at radius 2 is 1.89 bits per heavy atom. The van der Waals surface area contributed by atoms with Crippen LogP contribution < -0.4 is 16.2 Å². The molecule has 0 unspecified atom stereocenters. The number of hydrogen-bond donors (Lipinski definition) is 3. The van der Waals surface area contributed by atoms with Crippen molar-refractivity contribution in [1.29, 1.82) is 0 Å². The molecular formula is C13H18N4O2. The molecule has 1 aromatic carbocycles. The SMILES string of the molecule is CC(C)(C)OC(=O)NCc1ccc(N=C2NN2)cc1. The molecular weight excluding hydrogens is 244 g/mol. The first-order valence-electron chi connectivity index (χ1n) is 6.09. The van der Waals surface area contributed by atoms with Gasteiger partial charge < -0.3 is 10.1 Å². The summed E-state index contributed by atoms with van der Waals surface area (Å²) in [5.74, 6) is 0.764. The zero-order chi connectivity index (χ0) is 13.9. The van der Waals surface area contributed by atoms with Crippen LogP contribution in [0.1, 0.15) is 26.3 Å². The lowest BCUT2D eigenvalue weighted by Gasteiger charge is -2.19. The van der Waals surface area contributed by atoms with Crippen LogP contribution in [0, 0.1) is 0 Å². The maximum atomic E-state index is 11.5. The van der Waals surface area contributed by atoms with Gasteiger partial charge in [0.2, 0.25) is 5.96 Å². The molecule has 6 nitrogen and oxygen atoms in total. The Labute approximate surface area is 112 Å². The third kappa shape index (κ3) is 4.87. The average Bonchev–Trinajstić information content (AvgIpc) is 3.10. The summed E-state index contributed by atoms with van der Waals surface area (Å²) >= 11 is 0. The van der Waals surface area contributed by atoms with Gasteiger partial charge in [-0.2, -0.15) is 0 Å². The van der Waals surface area contributed by atoms with Gasteiger partial charge in [0.1, 0.15) is 5.60 Å². The number of benzene rings is 1. The molecule has 19 heavy (non-hydrogen) atoms. The fourth-order valence-electron chi connectivity index (χ4n) is 1.39. The molecule has 0 bridgehead atoms. The number of rotatable bonds is 3. The maximum absolute atomic E-state index is 11.5. The molecule has 0 aliphatic carbocycles. The Morgan fingerprint density at radius 3 is 2.42 bits per heavy atom. The van der Waals surface area contributed by atoms with Crippen molar-refractivity contribution in [1.82, 2.24) is 16.2 Å². The predicted octanol–water partition coefficient (Wildman–Crippen LogP) is 1.81. The Kier molecular flexibility index (Phi) is 3.59. The third-order valence-corrected chi connectivity index (χ3v) is 2.25. The first kappa shape index (κ1) is 13.2. The number of ether oxygens (including phenoxy) is 1. The normalized spacial score (nSPS) is 13.1. The lowest BCUT2D eigenvalue weighted by Crippen LogP contribution is -2.32. The summed E-state index contributed by atoms with van der Waals surface area (Å²) in [4.78, 5) is 15.7. The molecule has 1 fully saturated rings. The fourth-order valence-corrected chi connectivity index (χ4v) is 1.39. The second-order valence-electron chi connectivity index (χ2n) is 5.23. The van der Waals surface area contributed by atoms with Crippen LogP contribution in [0.15, 0.2) is 29.3 Å². The van der Waals surface area contributed by atoms with Crippen LogP contribution in [0.2, 0.25) is 0 Å². The van der Waals surface area contributed by atoms with Crippen LogP contribution in [-0.2, 0) is 11.3 Å². The fraction of sp³-hybridized carbons (Fsp3) is 0.385. The number of nitrogens with one attached hydrogen (secondary N) is 3. The monoisotopic (exact) mass is 262 g/mol. The summed E-state index contributed by atoms with van der Waals surface area (Å²) in [6.07, 6.45) is -0.414. The van der Waals surface area contributed by atoms with E-state index in [0.717, 1.165) is 17.2 Å². The molecule has 1 heterocycles. The highest BCUT2D eigenvalue weighted by Gasteiger charge is 2.15. The highest BCUT2D eigenvalue weighted by Crippen LogP contribution is 2.14. The van der Waals surface area contributed by atoms with Crippen molar-refractivity contribution in [3.8, 4) is 0 Å². The lowest BCUT2D eigenvalue weighted by molar-refractivity contribution is 0.0523. The van der Waals surface area contributed by atoms with E-state index < -0.39 is 11.7 Å². The minimum atomic E-state index is -0.478. The van der Waals surface area contributed by atoms with E-state index in [1.54, 1.807) is 0 Å². The van der Waals surface area contributed by atoms with Crippen LogP contribution in [0.25, 0.3) is 0 Å². The minimum Gasteiger partial charge on any atom is -0.444 e. The molecule has 0 saturated carbocycles. The number of hydrazine groups is 1. The number of carbonyl (C=O) groups excluding carboxylic acids is 1. The Balaban J connectivity index is 1.82. The number of carbonyl (C=O) groups is 1. The van der Waals surface area contributed by atoms with Gasteiger partial charge in [0.05, 0.1) is 5.69 Å².